The number of hydrogen-bond donors (Lipinski definition) is 2. The highest BCUT2D eigenvalue weighted by atomic mass is 32.2. The lowest BCUT2D eigenvalue weighted by Gasteiger charge is -2.20. The molecule has 3 nitrogen and oxygen atoms in total. The van der Waals surface area contributed by atoms with Crippen molar-refractivity contribution in [1.29, 1.82) is 0 Å². The van der Waals surface area contributed by atoms with Crippen LogP contribution in [0.2, 0.25) is 0 Å². The standard InChI is InChI=1S/C11H24N2OS/c1-5-6-7-15-9(2)10(14)13-8-11(3,4)12/h9H,5-8,12H2,1-4H3,(H,13,14). The first-order valence-electron chi connectivity index (χ1n) is 5.55. The van der Waals surface area contributed by atoms with Crippen LogP contribution in [0.5, 0.6) is 0 Å². The Balaban J connectivity index is 3.70. The summed E-state index contributed by atoms with van der Waals surface area (Å²) in [5, 5.41) is 2.89. The fraction of sp³-hybridized carbons (Fsp3) is 0.909. The molecule has 3 N–H and O–H groups in total. The summed E-state index contributed by atoms with van der Waals surface area (Å²) < 4.78 is 0. The Bertz CT molecular complexity index is 190. The highest BCUT2D eigenvalue weighted by Crippen LogP contribution is 2.12. The Hall–Kier alpha value is -0.220. The molecule has 0 aliphatic heterocycles. The molecule has 0 aliphatic carbocycles. The molecule has 0 heterocycles. The Labute approximate surface area is 97.6 Å². The summed E-state index contributed by atoms with van der Waals surface area (Å²) in [6.45, 7) is 8.44. The molecule has 0 rings (SSSR count). The van der Waals surface area contributed by atoms with Gasteiger partial charge in [-0.3, -0.25) is 4.79 Å². The average Bonchev–Trinajstić information content (AvgIpc) is 2.13. The van der Waals surface area contributed by atoms with Gasteiger partial charge in [0.05, 0.1) is 5.25 Å². The summed E-state index contributed by atoms with van der Waals surface area (Å²) in [6.07, 6.45) is 2.35. The smallest absolute Gasteiger partial charge is 0.232 e. The topological polar surface area (TPSA) is 55.1 Å². The lowest BCUT2D eigenvalue weighted by Crippen LogP contribution is -2.46. The van der Waals surface area contributed by atoms with E-state index in [0.717, 1.165) is 5.75 Å². The van der Waals surface area contributed by atoms with E-state index in [2.05, 4.69) is 12.2 Å². The third kappa shape index (κ3) is 8.75. The minimum Gasteiger partial charge on any atom is -0.353 e. The van der Waals surface area contributed by atoms with Crippen LogP contribution in [0.3, 0.4) is 0 Å². The number of carbonyl (C=O) groups excluding carboxylic acids is 1. The second-order valence-electron chi connectivity index (χ2n) is 4.57. The molecule has 1 atom stereocenters. The normalized spacial score (nSPS) is 13.7. The summed E-state index contributed by atoms with van der Waals surface area (Å²) in [5.74, 6) is 1.14. The minimum absolute atomic E-state index is 0.0268. The van der Waals surface area contributed by atoms with Crippen molar-refractivity contribution in [3.8, 4) is 0 Å². The minimum atomic E-state index is -0.330. The Morgan fingerprint density at radius 1 is 1.53 bits per heavy atom. The number of rotatable bonds is 7. The first-order chi connectivity index (χ1) is 6.87. The van der Waals surface area contributed by atoms with Crippen molar-refractivity contribution in [2.45, 2.75) is 51.3 Å². The van der Waals surface area contributed by atoms with Crippen molar-refractivity contribution < 1.29 is 4.79 Å². The highest BCUT2D eigenvalue weighted by Gasteiger charge is 2.16. The summed E-state index contributed by atoms with van der Waals surface area (Å²) in [7, 11) is 0. The molecule has 0 aliphatic rings. The van der Waals surface area contributed by atoms with Crippen LogP contribution in [0.4, 0.5) is 0 Å². The quantitative estimate of drug-likeness (QED) is 0.658. The maximum atomic E-state index is 11.6. The van der Waals surface area contributed by atoms with Gasteiger partial charge < -0.3 is 11.1 Å². The molecule has 0 spiro atoms. The molecule has 0 aromatic carbocycles. The zero-order chi connectivity index (χ0) is 11.9. The first kappa shape index (κ1) is 14.8. The van der Waals surface area contributed by atoms with Crippen LogP contribution in [0.1, 0.15) is 40.5 Å². The van der Waals surface area contributed by atoms with Crippen molar-refractivity contribution in [3.05, 3.63) is 0 Å². The van der Waals surface area contributed by atoms with E-state index >= 15 is 0 Å². The van der Waals surface area contributed by atoms with Gasteiger partial charge >= 0.3 is 0 Å². The molecule has 0 aromatic rings. The van der Waals surface area contributed by atoms with Crippen molar-refractivity contribution in [2.75, 3.05) is 12.3 Å². The van der Waals surface area contributed by atoms with Crippen LogP contribution in [0.15, 0.2) is 0 Å². The number of nitrogens with one attached hydrogen (secondary N) is 1. The van der Waals surface area contributed by atoms with Crippen LogP contribution < -0.4 is 11.1 Å². The van der Waals surface area contributed by atoms with Crippen LogP contribution >= 0.6 is 11.8 Å². The molecule has 0 saturated heterocycles. The molecule has 0 bridgehead atoms. The summed E-state index contributed by atoms with van der Waals surface area (Å²) >= 11 is 1.71. The number of carbonyl (C=O) groups is 1. The van der Waals surface area contributed by atoms with Crippen LogP contribution in [0.25, 0.3) is 0 Å². The molecule has 1 unspecified atom stereocenters. The van der Waals surface area contributed by atoms with Gasteiger partial charge in [-0.25, -0.2) is 0 Å². The second kappa shape index (κ2) is 7.12. The molecule has 0 radical (unpaired) electrons. The Morgan fingerprint density at radius 3 is 2.60 bits per heavy atom. The number of amides is 1. The maximum Gasteiger partial charge on any atom is 0.232 e. The Morgan fingerprint density at radius 2 is 2.13 bits per heavy atom. The first-order valence-corrected chi connectivity index (χ1v) is 6.60. The van der Waals surface area contributed by atoms with Gasteiger partial charge in [0.1, 0.15) is 0 Å². The van der Waals surface area contributed by atoms with Crippen LogP contribution in [-0.4, -0.2) is 29.0 Å². The number of unbranched alkanes of at least 4 members (excludes halogenated alkanes) is 1. The second-order valence-corrected chi connectivity index (χ2v) is 6.02. The number of thioether (sulfide) groups is 1. The number of hydrogen-bond acceptors (Lipinski definition) is 3. The fourth-order valence-corrected chi connectivity index (χ4v) is 1.98. The molecule has 15 heavy (non-hydrogen) atoms. The number of nitrogens with two attached hydrogens (primary N) is 1. The highest BCUT2D eigenvalue weighted by molar-refractivity contribution is 8.00. The van der Waals surface area contributed by atoms with Gasteiger partial charge in [-0.05, 0) is 32.9 Å². The van der Waals surface area contributed by atoms with Gasteiger partial charge in [-0.1, -0.05) is 13.3 Å². The van der Waals surface area contributed by atoms with Crippen molar-refractivity contribution in [1.82, 2.24) is 5.32 Å². The van der Waals surface area contributed by atoms with Crippen LogP contribution in [0, 0.1) is 0 Å². The van der Waals surface area contributed by atoms with Gasteiger partial charge in [0.2, 0.25) is 5.91 Å². The van der Waals surface area contributed by atoms with E-state index in [-0.39, 0.29) is 16.7 Å². The third-order valence-electron chi connectivity index (χ3n) is 1.95. The van der Waals surface area contributed by atoms with Crippen molar-refractivity contribution in [2.24, 2.45) is 5.73 Å². The summed E-state index contributed by atoms with van der Waals surface area (Å²) in [5.41, 5.74) is 5.45. The fourth-order valence-electron chi connectivity index (χ4n) is 0.939. The zero-order valence-corrected chi connectivity index (χ0v) is 11.1. The van der Waals surface area contributed by atoms with E-state index in [4.69, 9.17) is 5.73 Å². The lowest BCUT2D eigenvalue weighted by molar-refractivity contribution is -0.120. The maximum absolute atomic E-state index is 11.6. The summed E-state index contributed by atoms with van der Waals surface area (Å²) in [6, 6.07) is 0. The molecule has 0 aromatic heterocycles. The Kier molecular flexibility index (Phi) is 7.02. The monoisotopic (exact) mass is 232 g/mol. The van der Waals surface area contributed by atoms with E-state index in [1.54, 1.807) is 11.8 Å². The van der Waals surface area contributed by atoms with Crippen molar-refractivity contribution in [3.63, 3.8) is 0 Å². The van der Waals surface area contributed by atoms with Gasteiger partial charge in [0, 0.05) is 12.1 Å². The van der Waals surface area contributed by atoms with Crippen molar-refractivity contribution >= 4 is 17.7 Å². The van der Waals surface area contributed by atoms with E-state index in [0.29, 0.717) is 6.54 Å². The predicted octanol–water partition coefficient (Wildman–Crippen LogP) is 1.76. The van der Waals surface area contributed by atoms with E-state index in [1.807, 2.05) is 20.8 Å². The zero-order valence-electron chi connectivity index (χ0n) is 10.3. The molecule has 0 saturated carbocycles. The van der Waals surface area contributed by atoms with Gasteiger partial charge in [0.15, 0.2) is 0 Å². The molecular weight excluding hydrogens is 208 g/mol. The largest absolute Gasteiger partial charge is 0.353 e. The average molecular weight is 232 g/mol. The van der Waals surface area contributed by atoms with E-state index < -0.39 is 0 Å². The van der Waals surface area contributed by atoms with Gasteiger partial charge in [0.25, 0.3) is 0 Å². The molecule has 90 valence electrons. The molecule has 0 fully saturated rings. The van der Waals surface area contributed by atoms with Gasteiger partial charge in [-0.2, -0.15) is 0 Å². The lowest BCUT2D eigenvalue weighted by atomic mass is 10.1. The van der Waals surface area contributed by atoms with E-state index in [9.17, 15) is 4.79 Å². The third-order valence-corrected chi connectivity index (χ3v) is 3.19. The summed E-state index contributed by atoms with van der Waals surface area (Å²) in [4.78, 5) is 11.6. The van der Waals surface area contributed by atoms with Gasteiger partial charge in [-0.15, -0.1) is 11.8 Å². The predicted molar refractivity (Wildman–Crippen MR) is 68.1 cm³/mol. The molecule has 1 amide bonds. The van der Waals surface area contributed by atoms with E-state index in [1.165, 1.54) is 12.8 Å². The SMILES string of the molecule is CCCCSC(C)C(=O)NCC(C)(C)N. The van der Waals surface area contributed by atoms with Crippen LogP contribution in [-0.2, 0) is 4.79 Å². The molecular formula is C11H24N2OS. The molecule has 4 heteroatoms.